The van der Waals surface area contributed by atoms with E-state index in [9.17, 15) is 26.0 Å². The minimum absolute atomic E-state index is 0.0966. The van der Waals surface area contributed by atoms with Crippen LogP contribution in [-0.2, 0) is 24.7 Å². The van der Waals surface area contributed by atoms with Gasteiger partial charge in [-0.2, -0.15) is 0 Å². The van der Waals surface area contributed by atoms with Crippen molar-refractivity contribution in [1.82, 2.24) is 9.62 Å². The quantitative estimate of drug-likeness (QED) is 0.745. The number of benzene rings is 1. The number of rotatable bonds is 6. The lowest BCUT2D eigenvalue weighted by Gasteiger charge is -2.40. The maximum atomic E-state index is 13.2. The number of nitrogens with one attached hydrogen (secondary N) is 1. The molecular weight excluding hydrogens is 395 g/mol. The van der Waals surface area contributed by atoms with Crippen molar-refractivity contribution in [2.75, 3.05) is 19.6 Å². The molecule has 1 aliphatic carbocycles. The zero-order valence-corrected chi connectivity index (χ0v) is 16.4. The second kappa shape index (κ2) is 7.84. The van der Waals surface area contributed by atoms with Crippen LogP contribution in [0.3, 0.4) is 0 Å². The molecule has 1 heterocycles. The van der Waals surface area contributed by atoms with Crippen LogP contribution in [0.2, 0.25) is 0 Å². The number of halogens is 1. The Balaban J connectivity index is 1.52. The summed E-state index contributed by atoms with van der Waals surface area (Å²) in [5.74, 6) is -1.19. The van der Waals surface area contributed by atoms with E-state index in [0.29, 0.717) is 12.8 Å². The van der Waals surface area contributed by atoms with Gasteiger partial charge < -0.3 is 4.90 Å². The molecule has 0 unspecified atom stereocenters. The van der Waals surface area contributed by atoms with Gasteiger partial charge in [-0.3, -0.25) is 4.79 Å². The van der Waals surface area contributed by atoms with Crippen LogP contribution in [0.5, 0.6) is 0 Å². The van der Waals surface area contributed by atoms with Crippen molar-refractivity contribution in [3.63, 3.8) is 0 Å². The van der Waals surface area contributed by atoms with E-state index in [-0.39, 0.29) is 23.2 Å². The highest BCUT2D eigenvalue weighted by Gasteiger charge is 2.43. The third-order valence-electron chi connectivity index (χ3n) is 5.20. The summed E-state index contributed by atoms with van der Waals surface area (Å²) in [7, 11) is -7.27. The van der Waals surface area contributed by atoms with Gasteiger partial charge in [0.05, 0.1) is 21.9 Å². The highest BCUT2D eigenvalue weighted by atomic mass is 32.2. The Morgan fingerprint density at radius 2 is 1.74 bits per heavy atom. The lowest BCUT2D eigenvalue weighted by molar-refractivity contribution is -0.133. The number of sulfonamides is 1. The summed E-state index contributed by atoms with van der Waals surface area (Å²) < 4.78 is 64.7. The SMILES string of the molecule is O=C(CNS(=O)(=O)c1cccc(F)c1)N1CC(S(=O)(=O)C2CCCCC2)C1. The lowest BCUT2D eigenvalue weighted by Crippen LogP contribution is -2.60. The smallest absolute Gasteiger partial charge is 0.241 e. The molecule has 3 rings (SSSR count). The number of nitrogens with zero attached hydrogens (tertiary/aromatic N) is 1. The van der Waals surface area contributed by atoms with Gasteiger partial charge in [0.25, 0.3) is 0 Å². The standard InChI is InChI=1S/C17H23FN2O5S2/c18-13-5-4-8-15(9-13)27(24,25)19-10-17(21)20-11-16(12-20)26(22,23)14-6-2-1-3-7-14/h4-5,8-9,14,16,19H,1-3,6-7,10-12H2. The third kappa shape index (κ3) is 4.49. The molecule has 2 fully saturated rings. The Labute approximate surface area is 158 Å². The predicted molar refractivity (Wildman–Crippen MR) is 97.7 cm³/mol. The zero-order valence-electron chi connectivity index (χ0n) is 14.8. The maximum Gasteiger partial charge on any atom is 0.241 e. The van der Waals surface area contributed by atoms with Crippen molar-refractivity contribution in [2.45, 2.75) is 47.5 Å². The fraction of sp³-hybridized carbons (Fsp3) is 0.588. The molecule has 1 aliphatic heterocycles. The second-order valence-electron chi connectivity index (χ2n) is 7.05. The molecule has 0 radical (unpaired) electrons. The van der Waals surface area contributed by atoms with Crippen molar-refractivity contribution < 1.29 is 26.0 Å². The molecule has 1 saturated heterocycles. The van der Waals surface area contributed by atoms with E-state index in [4.69, 9.17) is 0 Å². The molecule has 1 aromatic carbocycles. The first-order chi connectivity index (χ1) is 12.7. The molecule has 150 valence electrons. The number of hydrogen-bond acceptors (Lipinski definition) is 5. The Hall–Kier alpha value is -1.52. The van der Waals surface area contributed by atoms with Crippen molar-refractivity contribution in [1.29, 1.82) is 0 Å². The minimum atomic E-state index is -4.01. The second-order valence-corrected chi connectivity index (χ2v) is 11.3. The summed E-state index contributed by atoms with van der Waals surface area (Å²) >= 11 is 0. The number of sulfone groups is 1. The van der Waals surface area contributed by atoms with Gasteiger partial charge in [0.15, 0.2) is 9.84 Å². The van der Waals surface area contributed by atoms with E-state index in [2.05, 4.69) is 4.72 Å². The number of amides is 1. The van der Waals surface area contributed by atoms with Crippen molar-refractivity contribution >= 4 is 25.8 Å². The molecule has 10 heteroatoms. The van der Waals surface area contributed by atoms with Gasteiger partial charge in [0, 0.05) is 13.1 Å². The normalized spacial score (nSPS) is 19.7. The van der Waals surface area contributed by atoms with E-state index in [1.54, 1.807) is 0 Å². The van der Waals surface area contributed by atoms with Crippen LogP contribution < -0.4 is 4.72 Å². The van der Waals surface area contributed by atoms with Crippen molar-refractivity contribution in [3.8, 4) is 0 Å². The summed E-state index contributed by atoms with van der Waals surface area (Å²) in [6, 6.07) is 4.48. The van der Waals surface area contributed by atoms with E-state index < -0.39 is 43.4 Å². The average molecular weight is 419 g/mol. The molecule has 0 aromatic heterocycles. The van der Waals surface area contributed by atoms with Gasteiger partial charge in [-0.25, -0.2) is 25.9 Å². The average Bonchev–Trinajstić information content (AvgIpc) is 2.59. The summed E-state index contributed by atoms with van der Waals surface area (Å²) in [4.78, 5) is 13.2. The van der Waals surface area contributed by atoms with Crippen LogP contribution in [0.1, 0.15) is 32.1 Å². The highest BCUT2D eigenvalue weighted by Crippen LogP contribution is 2.29. The fourth-order valence-corrected chi connectivity index (χ4v) is 6.82. The van der Waals surface area contributed by atoms with Crippen molar-refractivity contribution in [3.05, 3.63) is 30.1 Å². The summed E-state index contributed by atoms with van der Waals surface area (Å²) in [5.41, 5.74) is 0. The van der Waals surface area contributed by atoms with Gasteiger partial charge in [-0.15, -0.1) is 0 Å². The van der Waals surface area contributed by atoms with E-state index in [1.165, 1.54) is 17.0 Å². The Morgan fingerprint density at radius 1 is 1.07 bits per heavy atom. The summed E-state index contributed by atoms with van der Waals surface area (Å²) in [6.45, 7) is -0.298. The van der Waals surface area contributed by atoms with Crippen LogP contribution in [-0.4, -0.2) is 57.8 Å². The molecule has 2 aliphatic rings. The highest BCUT2D eigenvalue weighted by molar-refractivity contribution is 7.92. The zero-order chi connectivity index (χ0) is 19.7. The number of carbonyl (C=O) groups excluding carboxylic acids is 1. The topological polar surface area (TPSA) is 101 Å². The molecule has 1 N–H and O–H groups in total. The van der Waals surface area contributed by atoms with Crippen LogP contribution in [0.15, 0.2) is 29.2 Å². The van der Waals surface area contributed by atoms with Gasteiger partial charge in [-0.1, -0.05) is 25.3 Å². The maximum absolute atomic E-state index is 13.2. The minimum Gasteiger partial charge on any atom is -0.339 e. The van der Waals surface area contributed by atoms with Crippen LogP contribution >= 0.6 is 0 Å². The fourth-order valence-electron chi connectivity index (χ4n) is 3.50. The summed E-state index contributed by atoms with van der Waals surface area (Å²) in [6.07, 6.45) is 4.26. The number of carbonyl (C=O) groups is 1. The van der Waals surface area contributed by atoms with Gasteiger partial charge in [0.2, 0.25) is 15.9 Å². The largest absolute Gasteiger partial charge is 0.339 e. The first-order valence-electron chi connectivity index (χ1n) is 8.96. The Kier molecular flexibility index (Phi) is 5.87. The van der Waals surface area contributed by atoms with Gasteiger partial charge >= 0.3 is 0 Å². The predicted octanol–water partition coefficient (Wildman–Crippen LogP) is 1.06. The molecule has 0 spiro atoms. The molecule has 1 aromatic rings. The van der Waals surface area contributed by atoms with E-state index in [0.717, 1.165) is 31.4 Å². The molecule has 0 bridgehead atoms. The molecule has 27 heavy (non-hydrogen) atoms. The first kappa shape index (κ1) is 20.2. The number of hydrogen-bond donors (Lipinski definition) is 1. The Morgan fingerprint density at radius 3 is 2.37 bits per heavy atom. The lowest BCUT2D eigenvalue weighted by atomic mass is 10.0. The molecule has 1 saturated carbocycles. The van der Waals surface area contributed by atoms with E-state index in [1.807, 2.05) is 0 Å². The summed E-state index contributed by atoms with van der Waals surface area (Å²) in [5, 5.41) is -0.885. The van der Waals surface area contributed by atoms with Crippen LogP contribution in [0.25, 0.3) is 0 Å². The molecular formula is C17H23FN2O5S2. The van der Waals surface area contributed by atoms with Gasteiger partial charge in [-0.05, 0) is 31.0 Å². The van der Waals surface area contributed by atoms with Crippen LogP contribution in [0.4, 0.5) is 4.39 Å². The van der Waals surface area contributed by atoms with Crippen LogP contribution in [0, 0.1) is 5.82 Å². The molecule has 0 atom stereocenters. The van der Waals surface area contributed by atoms with E-state index >= 15 is 0 Å². The number of likely N-dealkylation sites (tertiary alicyclic amines) is 1. The molecule has 1 amide bonds. The first-order valence-corrected chi connectivity index (χ1v) is 12.0. The molecule has 7 nitrogen and oxygen atoms in total. The van der Waals surface area contributed by atoms with Gasteiger partial charge in [0.1, 0.15) is 5.82 Å². The third-order valence-corrected chi connectivity index (χ3v) is 9.23. The monoisotopic (exact) mass is 418 g/mol. The Bertz CT molecular complexity index is 905. The van der Waals surface area contributed by atoms with Crippen molar-refractivity contribution in [2.24, 2.45) is 0 Å².